The molecule has 0 amide bonds. The highest BCUT2D eigenvalue weighted by molar-refractivity contribution is 7.71. The Morgan fingerprint density at radius 1 is 1.41 bits per heavy atom. The molecule has 5 heteroatoms. The lowest BCUT2D eigenvalue weighted by Gasteiger charge is -2.10. The van der Waals surface area contributed by atoms with Gasteiger partial charge >= 0.3 is 0 Å². The first-order chi connectivity index (χ1) is 8.09. The lowest BCUT2D eigenvalue weighted by atomic mass is 10.3. The van der Waals surface area contributed by atoms with Crippen LogP contribution in [0.25, 0.3) is 11.0 Å². The van der Waals surface area contributed by atoms with E-state index in [1.807, 2.05) is 18.2 Å². The number of fused-ring (bicyclic) bond motifs is 1. The van der Waals surface area contributed by atoms with Crippen LogP contribution in [0, 0.1) is 4.77 Å². The van der Waals surface area contributed by atoms with Crippen molar-refractivity contribution in [2.75, 3.05) is 20.6 Å². The highest BCUT2D eigenvalue weighted by Gasteiger charge is 2.06. The molecule has 0 aliphatic rings. The SMILES string of the molecule is CN(C)CCCn1c(=S)[nH]c2c(Cl)cccc21. The number of hydrogen-bond acceptors (Lipinski definition) is 2. The van der Waals surface area contributed by atoms with Crippen molar-refractivity contribution >= 4 is 34.9 Å². The molecule has 92 valence electrons. The van der Waals surface area contributed by atoms with Crippen LogP contribution in [0.15, 0.2) is 18.2 Å². The summed E-state index contributed by atoms with van der Waals surface area (Å²) in [5, 5.41) is 0.722. The summed E-state index contributed by atoms with van der Waals surface area (Å²) in [4.78, 5) is 5.34. The predicted octanol–water partition coefficient (Wildman–Crippen LogP) is 3.30. The summed E-state index contributed by atoms with van der Waals surface area (Å²) in [6.45, 7) is 1.96. The van der Waals surface area contributed by atoms with Crippen LogP contribution in [0.1, 0.15) is 6.42 Å². The average Bonchev–Trinajstić information content (AvgIpc) is 2.57. The normalized spacial score (nSPS) is 11.5. The van der Waals surface area contributed by atoms with Crippen LogP contribution in [0.3, 0.4) is 0 Å². The number of aromatic amines is 1. The third-order valence-corrected chi connectivity index (χ3v) is 3.38. The Labute approximate surface area is 111 Å². The van der Waals surface area contributed by atoms with Crippen LogP contribution in [-0.4, -0.2) is 35.1 Å². The molecule has 0 aliphatic heterocycles. The zero-order chi connectivity index (χ0) is 12.4. The molecule has 0 bridgehead atoms. The Balaban J connectivity index is 2.31. The molecule has 1 aromatic carbocycles. The number of rotatable bonds is 4. The first-order valence-corrected chi connectivity index (χ1v) is 6.40. The number of aromatic nitrogens is 2. The van der Waals surface area contributed by atoms with E-state index in [0.29, 0.717) is 0 Å². The smallest absolute Gasteiger partial charge is 0.178 e. The molecule has 0 atom stereocenters. The van der Waals surface area contributed by atoms with E-state index >= 15 is 0 Å². The molecule has 0 aliphatic carbocycles. The third kappa shape index (κ3) is 2.70. The van der Waals surface area contributed by atoms with Crippen LogP contribution < -0.4 is 0 Å². The predicted molar refractivity (Wildman–Crippen MR) is 75.3 cm³/mol. The highest BCUT2D eigenvalue weighted by atomic mass is 35.5. The molecule has 2 rings (SSSR count). The average molecular weight is 270 g/mol. The van der Waals surface area contributed by atoms with Gasteiger partial charge in [0.15, 0.2) is 4.77 Å². The standard InChI is InChI=1S/C12H16ClN3S/c1-15(2)7-4-8-16-10-6-3-5-9(13)11(10)14-12(16)17/h3,5-6H,4,7-8H2,1-2H3,(H,14,17). The topological polar surface area (TPSA) is 24.0 Å². The van der Waals surface area contributed by atoms with E-state index in [4.69, 9.17) is 23.8 Å². The van der Waals surface area contributed by atoms with Crippen molar-refractivity contribution in [3.05, 3.63) is 28.0 Å². The fourth-order valence-electron chi connectivity index (χ4n) is 1.91. The second-order valence-electron chi connectivity index (χ2n) is 4.37. The lowest BCUT2D eigenvalue weighted by Crippen LogP contribution is -2.15. The van der Waals surface area contributed by atoms with E-state index in [2.05, 4.69) is 28.5 Å². The van der Waals surface area contributed by atoms with E-state index in [-0.39, 0.29) is 0 Å². The molecule has 2 aromatic rings. The molecule has 0 spiro atoms. The summed E-state index contributed by atoms with van der Waals surface area (Å²) in [7, 11) is 4.15. The Morgan fingerprint density at radius 2 is 2.18 bits per heavy atom. The van der Waals surface area contributed by atoms with Crippen molar-refractivity contribution in [1.29, 1.82) is 0 Å². The molecular formula is C12H16ClN3S. The van der Waals surface area contributed by atoms with E-state index < -0.39 is 0 Å². The molecule has 1 N–H and O–H groups in total. The van der Waals surface area contributed by atoms with Crippen LogP contribution in [0.4, 0.5) is 0 Å². The quantitative estimate of drug-likeness (QED) is 0.861. The molecule has 3 nitrogen and oxygen atoms in total. The molecule has 0 unspecified atom stereocenters. The Bertz CT molecular complexity index is 571. The van der Waals surface area contributed by atoms with Gasteiger partial charge in [-0.3, -0.25) is 0 Å². The van der Waals surface area contributed by atoms with Crippen LogP contribution >= 0.6 is 23.8 Å². The van der Waals surface area contributed by atoms with Crippen LogP contribution in [0.2, 0.25) is 5.02 Å². The largest absolute Gasteiger partial charge is 0.329 e. The molecule has 0 saturated heterocycles. The summed E-state index contributed by atoms with van der Waals surface area (Å²) in [5.74, 6) is 0. The minimum atomic E-state index is 0.722. The van der Waals surface area contributed by atoms with Gasteiger partial charge in [-0.15, -0.1) is 0 Å². The molecule has 0 saturated carbocycles. The van der Waals surface area contributed by atoms with E-state index in [1.54, 1.807) is 0 Å². The van der Waals surface area contributed by atoms with E-state index in [1.165, 1.54) is 0 Å². The highest BCUT2D eigenvalue weighted by Crippen LogP contribution is 2.22. The first kappa shape index (κ1) is 12.6. The van der Waals surface area contributed by atoms with E-state index in [9.17, 15) is 0 Å². The Morgan fingerprint density at radius 3 is 2.88 bits per heavy atom. The number of aryl methyl sites for hydroxylation is 1. The molecule has 0 fully saturated rings. The zero-order valence-electron chi connectivity index (χ0n) is 10.0. The van der Waals surface area contributed by atoms with Gasteiger partial charge in [-0.05, 0) is 51.4 Å². The maximum atomic E-state index is 6.13. The van der Waals surface area contributed by atoms with Gasteiger partial charge in [0, 0.05) is 6.54 Å². The van der Waals surface area contributed by atoms with Gasteiger partial charge in [0.1, 0.15) is 0 Å². The number of H-pyrrole nitrogens is 1. The molecular weight excluding hydrogens is 254 g/mol. The summed E-state index contributed by atoms with van der Waals surface area (Å²) >= 11 is 11.5. The number of halogens is 1. The van der Waals surface area contributed by atoms with Gasteiger partial charge in [-0.2, -0.15) is 0 Å². The maximum absolute atomic E-state index is 6.13. The van der Waals surface area contributed by atoms with Gasteiger partial charge in [-0.25, -0.2) is 0 Å². The molecule has 17 heavy (non-hydrogen) atoms. The number of nitrogens with one attached hydrogen (secondary N) is 1. The number of nitrogens with zero attached hydrogens (tertiary/aromatic N) is 2. The summed E-state index contributed by atoms with van der Waals surface area (Å²) in [5.41, 5.74) is 2.02. The number of imidazole rings is 1. The monoisotopic (exact) mass is 269 g/mol. The number of para-hydroxylation sites is 1. The fraction of sp³-hybridized carbons (Fsp3) is 0.417. The summed E-state index contributed by atoms with van der Waals surface area (Å²) in [6, 6.07) is 5.87. The first-order valence-electron chi connectivity index (χ1n) is 5.61. The second kappa shape index (κ2) is 5.21. The van der Waals surface area contributed by atoms with Crippen LogP contribution in [0.5, 0.6) is 0 Å². The minimum absolute atomic E-state index is 0.722. The van der Waals surface area contributed by atoms with Gasteiger partial charge in [0.05, 0.1) is 16.1 Å². The molecule has 1 aromatic heterocycles. The summed E-state index contributed by atoms with van der Waals surface area (Å²) < 4.78 is 2.85. The van der Waals surface area contributed by atoms with Gasteiger partial charge in [0.25, 0.3) is 0 Å². The van der Waals surface area contributed by atoms with Gasteiger partial charge in [0.2, 0.25) is 0 Å². The summed E-state index contributed by atoms with van der Waals surface area (Å²) in [6.07, 6.45) is 1.07. The van der Waals surface area contributed by atoms with E-state index in [0.717, 1.165) is 40.3 Å². The minimum Gasteiger partial charge on any atom is -0.329 e. The Kier molecular flexibility index (Phi) is 3.86. The van der Waals surface area contributed by atoms with Crippen molar-refractivity contribution in [3.8, 4) is 0 Å². The van der Waals surface area contributed by atoms with Crippen LogP contribution in [-0.2, 0) is 6.54 Å². The second-order valence-corrected chi connectivity index (χ2v) is 5.17. The molecule has 0 radical (unpaired) electrons. The van der Waals surface area contributed by atoms with Gasteiger partial charge < -0.3 is 14.5 Å². The van der Waals surface area contributed by atoms with Crippen molar-refractivity contribution in [2.45, 2.75) is 13.0 Å². The third-order valence-electron chi connectivity index (χ3n) is 2.75. The maximum Gasteiger partial charge on any atom is 0.178 e. The van der Waals surface area contributed by atoms with Crippen molar-refractivity contribution in [2.24, 2.45) is 0 Å². The lowest BCUT2D eigenvalue weighted by molar-refractivity contribution is 0.387. The van der Waals surface area contributed by atoms with Crippen molar-refractivity contribution < 1.29 is 0 Å². The van der Waals surface area contributed by atoms with Crippen molar-refractivity contribution in [3.63, 3.8) is 0 Å². The zero-order valence-corrected chi connectivity index (χ0v) is 11.6. The fourth-order valence-corrected chi connectivity index (χ4v) is 2.42. The molecule has 1 heterocycles. The van der Waals surface area contributed by atoms with Gasteiger partial charge in [-0.1, -0.05) is 17.7 Å². The number of hydrogen-bond donors (Lipinski definition) is 1. The number of benzene rings is 1. The Hall–Kier alpha value is -0.840. The van der Waals surface area contributed by atoms with Crippen molar-refractivity contribution in [1.82, 2.24) is 14.5 Å².